The van der Waals surface area contributed by atoms with Crippen molar-refractivity contribution in [3.05, 3.63) is 45.6 Å². The number of hydrogen-bond acceptors (Lipinski definition) is 4. The van der Waals surface area contributed by atoms with Crippen LogP contribution in [0, 0.1) is 18.3 Å². The van der Waals surface area contributed by atoms with Gasteiger partial charge in [0.05, 0.1) is 12.5 Å². The summed E-state index contributed by atoms with van der Waals surface area (Å²) in [5.74, 6) is -0.328. The Kier molecular flexibility index (Phi) is 4.96. The molecule has 1 amide bonds. The molecular weight excluding hydrogens is 306 g/mol. The van der Waals surface area contributed by atoms with E-state index in [0.717, 1.165) is 10.2 Å². The fourth-order valence-electron chi connectivity index (χ4n) is 1.96. The molecule has 0 aliphatic carbocycles. The van der Waals surface area contributed by atoms with Crippen molar-refractivity contribution in [1.29, 1.82) is 5.26 Å². The van der Waals surface area contributed by atoms with E-state index in [9.17, 15) is 9.59 Å². The number of nitrogens with zero attached hydrogens (tertiary/aromatic N) is 4. The van der Waals surface area contributed by atoms with Gasteiger partial charge in [-0.1, -0.05) is 11.6 Å². The third-order valence-corrected chi connectivity index (χ3v) is 3.53. The molecule has 0 bridgehead atoms. The zero-order chi connectivity index (χ0) is 16.1. The van der Waals surface area contributed by atoms with Crippen molar-refractivity contribution in [3.63, 3.8) is 0 Å². The number of H-pyrrole nitrogens is 1. The Morgan fingerprint density at radius 3 is 2.91 bits per heavy atom. The Morgan fingerprint density at radius 1 is 1.55 bits per heavy atom. The maximum atomic E-state index is 12.4. The van der Waals surface area contributed by atoms with Gasteiger partial charge in [-0.3, -0.25) is 9.78 Å². The van der Waals surface area contributed by atoms with Gasteiger partial charge in [-0.05, 0) is 30.7 Å². The van der Waals surface area contributed by atoms with Gasteiger partial charge < -0.3 is 4.90 Å². The van der Waals surface area contributed by atoms with Gasteiger partial charge in [-0.25, -0.2) is 9.48 Å². The molecule has 1 heterocycles. The summed E-state index contributed by atoms with van der Waals surface area (Å²) in [5.41, 5.74) is 0.998. The number of anilines is 1. The Morgan fingerprint density at radius 2 is 2.32 bits per heavy atom. The molecule has 22 heavy (non-hydrogen) atoms. The molecule has 114 valence electrons. The monoisotopic (exact) mass is 319 g/mol. The van der Waals surface area contributed by atoms with E-state index in [1.54, 1.807) is 18.2 Å². The van der Waals surface area contributed by atoms with E-state index in [2.05, 4.69) is 10.1 Å². The first kappa shape index (κ1) is 15.8. The highest BCUT2D eigenvalue weighted by molar-refractivity contribution is 6.31. The van der Waals surface area contributed by atoms with Gasteiger partial charge in [0, 0.05) is 17.3 Å². The number of hydrogen-bond donors (Lipinski definition) is 1. The minimum Gasteiger partial charge on any atom is -0.310 e. The van der Waals surface area contributed by atoms with E-state index >= 15 is 0 Å². The van der Waals surface area contributed by atoms with E-state index in [1.165, 1.54) is 11.2 Å². The molecule has 0 atom stereocenters. The van der Waals surface area contributed by atoms with Crippen molar-refractivity contribution < 1.29 is 4.79 Å². The number of aromatic amines is 1. The zero-order valence-corrected chi connectivity index (χ0v) is 12.7. The summed E-state index contributed by atoms with van der Waals surface area (Å²) in [6, 6.07) is 7.18. The molecule has 2 aromatic rings. The summed E-state index contributed by atoms with van der Waals surface area (Å²) in [4.78, 5) is 27.7. The van der Waals surface area contributed by atoms with Crippen LogP contribution in [0.1, 0.15) is 12.0 Å². The van der Waals surface area contributed by atoms with Crippen LogP contribution < -0.4 is 10.6 Å². The Hall–Kier alpha value is -2.59. The number of nitriles is 1. The number of amides is 1. The molecule has 2 rings (SSSR count). The summed E-state index contributed by atoms with van der Waals surface area (Å²) in [5, 5.41) is 13.1. The van der Waals surface area contributed by atoms with Crippen molar-refractivity contribution in [2.24, 2.45) is 0 Å². The van der Waals surface area contributed by atoms with Crippen LogP contribution in [0.5, 0.6) is 0 Å². The van der Waals surface area contributed by atoms with Crippen LogP contribution in [0.15, 0.2) is 29.3 Å². The number of rotatable bonds is 5. The highest BCUT2D eigenvalue weighted by Crippen LogP contribution is 2.23. The summed E-state index contributed by atoms with van der Waals surface area (Å²) < 4.78 is 1.03. The molecule has 0 saturated heterocycles. The van der Waals surface area contributed by atoms with Crippen molar-refractivity contribution in [1.82, 2.24) is 14.8 Å². The number of aryl methyl sites for hydroxylation is 1. The highest BCUT2D eigenvalue weighted by atomic mass is 35.5. The van der Waals surface area contributed by atoms with Gasteiger partial charge in [0.1, 0.15) is 12.9 Å². The van der Waals surface area contributed by atoms with E-state index in [0.29, 0.717) is 10.7 Å². The Bertz CT molecular complexity index is 774. The van der Waals surface area contributed by atoms with E-state index in [-0.39, 0.29) is 25.4 Å². The minimum absolute atomic E-state index is 0.183. The van der Waals surface area contributed by atoms with E-state index in [4.69, 9.17) is 16.9 Å². The first-order valence-electron chi connectivity index (χ1n) is 6.57. The van der Waals surface area contributed by atoms with Crippen LogP contribution in [0.25, 0.3) is 0 Å². The maximum absolute atomic E-state index is 12.4. The van der Waals surface area contributed by atoms with Crippen LogP contribution in [-0.2, 0) is 11.3 Å². The fourth-order valence-corrected chi connectivity index (χ4v) is 2.08. The topological polar surface area (TPSA) is 94.8 Å². The van der Waals surface area contributed by atoms with Gasteiger partial charge in [0.2, 0.25) is 5.91 Å². The molecule has 1 N–H and O–H groups in total. The number of benzene rings is 1. The average molecular weight is 320 g/mol. The largest absolute Gasteiger partial charge is 0.343 e. The molecule has 8 heteroatoms. The molecule has 0 aliphatic heterocycles. The number of halogens is 1. The number of nitrogens with one attached hydrogen (secondary N) is 1. The molecule has 0 fully saturated rings. The van der Waals surface area contributed by atoms with E-state index < -0.39 is 5.69 Å². The molecule has 1 aromatic carbocycles. The normalized spacial score (nSPS) is 10.2. The molecule has 0 unspecified atom stereocenters. The van der Waals surface area contributed by atoms with Crippen molar-refractivity contribution in [3.8, 4) is 6.07 Å². The lowest BCUT2D eigenvalue weighted by Gasteiger charge is -2.22. The molecule has 7 nitrogen and oxygen atoms in total. The highest BCUT2D eigenvalue weighted by Gasteiger charge is 2.18. The third-order valence-electron chi connectivity index (χ3n) is 3.11. The maximum Gasteiger partial charge on any atom is 0.343 e. The number of carbonyl (C=O) groups is 1. The van der Waals surface area contributed by atoms with Gasteiger partial charge in [-0.15, -0.1) is 0 Å². The SMILES string of the molecule is Cc1cc(N(CCC#N)C(=O)Cn2nc[nH]c2=O)ccc1Cl. The predicted molar refractivity (Wildman–Crippen MR) is 81.6 cm³/mol. The quantitative estimate of drug-likeness (QED) is 0.903. The molecule has 0 saturated carbocycles. The van der Waals surface area contributed by atoms with Gasteiger partial charge in [0.25, 0.3) is 0 Å². The first-order valence-corrected chi connectivity index (χ1v) is 6.94. The van der Waals surface area contributed by atoms with Gasteiger partial charge in [0.15, 0.2) is 0 Å². The fraction of sp³-hybridized carbons (Fsp3) is 0.286. The second-order valence-corrected chi connectivity index (χ2v) is 5.05. The Balaban J connectivity index is 2.27. The van der Waals surface area contributed by atoms with Gasteiger partial charge >= 0.3 is 5.69 Å². The Labute approximate surface area is 131 Å². The average Bonchev–Trinajstić information content (AvgIpc) is 2.88. The zero-order valence-electron chi connectivity index (χ0n) is 11.9. The van der Waals surface area contributed by atoms with Crippen LogP contribution in [0.2, 0.25) is 5.02 Å². The summed E-state index contributed by atoms with van der Waals surface area (Å²) in [7, 11) is 0. The molecule has 0 aliphatic rings. The summed E-state index contributed by atoms with van der Waals surface area (Å²) in [6.45, 7) is 1.86. The molecule has 0 spiro atoms. The lowest BCUT2D eigenvalue weighted by molar-refractivity contribution is -0.119. The first-order chi connectivity index (χ1) is 10.5. The second kappa shape index (κ2) is 6.91. The third kappa shape index (κ3) is 3.54. The number of aromatic nitrogens is 3. The van der Waals surface area contributed by atoms with Crippen LogP contribution in [-0.4, -0.2) is 27.2 Å². The van der Waals surface area contributed by atoms with Crippen LogP contribution in [0.3, 0.4) is 0 Å². The lowest BCUT2D eigenvalue weighted by atomic mass is 10.2. The predicted octanol–water partition coefficient (Wildman–Crippen LogP) is 1.48. The minimum atomic E-state index is -0.458. The lowest BCUT2D eigenvalue weighted by Crippen LogP contribution is -2.37. The standard InChI is InChI=1S/C14H14ClN5O2/c1-10-7-11(3-4-12(10)15)19(6-2-5-16)13(21)8-20-14(22)17-9-18-20/h3-4,7,9H,2,6,8H2,1H3,(H,17,18,22). The number of carbonyl (C=O) groups excluding carboxylic acids is 1. The molecule has 0 radical (unpaired) electrons. The van der Waals surface area contributed by atoms with Crippen molar-refractivity contribution >= 4 is 23.2 Å². The molecular formula is C14H14ClN5O2. The summed E-state index contributed by atoms with van der Waals surface area (Å²) in [6.07, 6.45) is 1.41. The second-order valence-electron chi connectivity index (χ2n) is 4.64. The van der Waals surface area contributed by atoms with Crippen molar-refractivity contribution in [2.45, 2.75) is 19.9 Å². The van der Waals surface area contributed by atoms with Crippen LogP contribution >= 0.6 is 11.6 Å². The van der Waals surface area contributed by atoms with Gasteiger partial charge in [-0.2, -0.15) is 10.4 Å². The smallest absolute Gasteiger partial charge is 0.310 e. The van der Waals surface area contributed by atoms with E-state index in [1.807, 2.05) is 13.0 Å². The summed E-state index contributed by atoms with van der Waals surface area (Å²) >= 11 is 5.99. The van der Waals surface area contributed by atoms with Crippen LogP contribution in [0.4, 0.5) is 5.69 Å². The van der Waals surface area contributed by atoms with Crippen molar-refractivity contribution in [2.75, 3.05) is 11.4 Å². The molecule has 1 aromatic heterocycles.